The molecule has 1 aliphatic heterocycles. The van der Waals surface area contributed by atoms with Crippen LogP contribution < -0.4 is 4.74 Å². The van der Waals surface area contributed by atoms with Gasteiger partial charge in [-0.2, -0.15) is 0 Å². The summed E-state index contributed by atoms with van der Waals surface area (Å²) in [5.41, 5.74) is 0. The molecule has 0 aliphatic carbocycles. The first-order valence-electron chi connectivity index (χ1n) is 7.68. The topological polar surface area (TPSA) is 66.8 Å². The van der Waals surface area contributed by atoms with Gasteiger partial charge in [0.15, 0.2) is 11.6 Å². The van der Waals surface area contributed by atoms with E-state index in [1.165, 1.54) is 18.2 Å². The predicted molar refractivity (Wildman–Crippen MR) is 87.2 cm³/mol. The lowest BCUT2D eigenvalue weighted by atomic mass is 10.1. The Balaban J connectivity index is 1.57. The van der Waals surface area contributed by atoms with Gasteiger partial charge in [0.1, 0.15) is 16.8 Å². The Morgan fingerprint density at radius 2 is 1.80 bits per heavy atom. The minimum Gasteiger partial charge on any atom is -0.487 e. The maximum Gasteiger partial charge on any atom is 0.345 e. The van der Waals surface area contributed by atoms with Crippen molar-refractivity contribution in [3.63, 3.8) is 0 Å². The van der Waals surface area contributed by atoms with E-state index in [1.54, 1.807) is 4.90 Å². The number of amides is 1. The van der Waals surface area contributed by atoms with E-state index in [0.717, 1.165) is 23.5 Å². The molecular weight excluding hydrogens is 352 g/mol. The van der Waals surface area contributed by atoms with Gasteiger partial charge in [-0.1, -0.05) is 0 Å². The molecule has 5 nitrogen and oxygen atoms in total. The molecule has 1 fully saturated rings. The Hall–Kier alpha value is -2.48. The smallest absolute Gasteiger partial charge is 0.345 e. The van der Waals surface area contributed by atoms with Crippen molar-refractivity contribution in [2.75, 3.05) is 13.1 Å². The minimum absolute atomic E-state index is 0.00414. The maximum absolute atomic E-state index is 13.6. The lowest BCUT2D eigenvalue weighted by Gasteiger charge is -2.32. The lowest BCUT2D eigenvalue weighted by Crippen LogP contribution is -2.41. The third kappa shape index (κ3) is 3.96. The molecule has 2 heterocycles. The first-order valence-corrected chi connectivity index (χ1v) is 8.50. The van der Waals surface area contributed by atoms with Crippen LogP contribution in [-0.2, 0) is 0 Å². The van der Waals surface area contributed by atoms with Crippen LogP contribution in [0.25, 0.3) is 0 Å². The Bertz CT molecular complexity index is 800. The molecule has 3 rings (SSSR count). The average Bonchev–Trinajstić information content (AvgIpc) is 3.08. The van der Waals surface area contributed by atoms with E-state index in [0.29, 0.717) is 30.8 Å². The van der Waals surface area contributed by atoms with E-state index in [9.17, 15) is 18.4 Å². The van der Waals surface area contributed by atoms with Crippen LogP contribution in [0.5, 0.6) is 5.75 Å². The number of carbonyl (C=O) groups excluding carboxylic acids is 1. The fraction of sp³-hybridized carbons (Fsp3) is 0.294. The molecule has 25 heavy (non-hydrogen) atoms. The second-order valence-corrected chi connectivity index (χ2v) is 6.74. The summed E-state index contributed by atoms with van der Waals surface area (Å²) in [6, 6.07) is 6.07. The van der Waals surface area contributed by atoms with Crippen molar-refractivity contribution >= 4 is 23.2 Å². The number of carboxylic acid groups (broad SMARTS) is 1. The van der Waals surface area contributed by atoms with Crippen molar-refractivity contribution < 1.29 is 28.2 Å². The maximum atomic E-state index is 13.6. The van der Waals surface area contributed by atoms with Gasteiger partial charge in [-0.25, -0.2) is 13.6 Å². The van der Waals surface area contributed by atoms with E-state index >= 15 is 0 Å². The van der Waals surface area contributed by atoms with Crippen molar-refractivity contribution in [2.45, 2.75) is 18.9 Å². The van der Waals surface area contributed by atoms with Gasteiger partial charge in [0.25, 0.3) is 5.91 Å². The normalized spacial score (nSPS) is 15.2. The Morgan fingerprint density at radius 3 is 2.40 bits per heavy atom. The van der Waals surface area contributed by atoms with Crippen LogP contribution in [0.4, 0.5) is 8.78 Å². The second kappa shape index (κ2) is 7.18. The number of hydrogen-bond donors (Lipinski definition) is 1. The molecule has 0 bridgehead atoms. The van der Waals surface area contributed by atoms with Crippen molar-refractivity contribution in [1.29, 1.82) is 0 Å². The van der Waals surface area contributed by atoms with Crippen LogP contribution in [0.2, 0.25) is 0 Å². The van der Waals surface area contributed by atoms with Crippen LogP contribution in [0.1, 0.15) is 32.2 Å². The van der Waals surface area contributed by atoms with Gasteiger partial charge in [0.05, 0.1) is 4.88 Å². The van der Waals surface area contributed by atoms with Gasteiger partial charge in [-0.05, 0) is 24.3 Å². The first-order chi connectivity index (χ1) is 11.9. The van der Waals surface area contributed by atoms with Crippen LogP contribution in [-0.4, -0.2) is 41.1 Å². The number of rotatable bonds is 4. The monoisotopic (exact) mass is 367 g/mol. The zero-order valence-corrected chi connectivity index (χ0v) is 13.9. The number of halogens is 2. The number of carbonyl (C=O) groups is 2. The third-order valence-electron chi connectivity index (χ3n) is 3.94. The zero-order valence-electron chi connectivity index (χ0n) is 13.1. The van der Waals surface area contributed by atoms with E-state index in [2.05, 4.69) is 0 Å². The van der Waals surface area contributed by atoms with Crippen LogP contribution in [0, 0.1) is 11.6 Å². The summed E-state index contributed by atoms with van der Waals surface area (Å²) in [7, 11) is 0. The number of nitrogens with zero attached hydrogens (tertiary/aromatic N) is 1. The highest BCUT2D eigenvalue weighted by Crippen LogP contribution is 2.25. The number of benzene rings is 1. The summed E-state index contributed by atoms with van der Waals surface area (Å²) in [5, 5.41) is 8.92. The summed E-state index contributed by atoms with van der Waals surface area (Å²) in [6.45, 7) is 0.846. The van der Waals surface area contributed by atoms with Crippen LogP contribution in [0.3, 0.4) is 0 Å². The van der Waals surface area contributed by atoms with Crippen molar-refractivity contribution in [3.8, 4) is 5.75 Å². The molecule has 8 heteroatoms. The summed E-state index contributed by atoms with van der Waals surface area (Å²) in [4.78, 5) is 25.4. The number of thiophene rings is 1. The number of carboxylic acids is 1. The molecule has 1 saturated heterocycles. The zero-order chi connectivity index (χ0) is 18.0. The lowest BCUT2D eigenvalue weighted by molar-refractivity contribution is 0.0592. The van der Waals surface area contributed by atoms with E-state index in [4.69, 9.17) is 9.84 Å². The first kappa shape index (κ1) is 17.3. The SMILES string of the molecule is O=C(O)c1ccc(C(=O)N2CCC(Oc3ccc(F)cc3F)CC2)s1. The average molecular weight is 367 g/mol. The molecule has 1 aliphatic rings. The Morgan fingerprint density at radius 1 is 1.12 bits per heavy atom. The quantitative estimate of drug-likeness (QED) is 0.899. The largest absolute Gasteiger partial charge is 0.487 e. The molecule has 1 aromatic carbocycles. The fourth-order valence-electron chi connectivity index (χ4n) is 2.65. The highest BCUT2D eigenvalue weighted by molar-refractivity contribution is 7.15. The Kier molecular flexibility index (Phi) is 4.98. The van der Waals surface area contributed by atoms with E-state index < -0.39 is 17.6 Å². The molecule has 0 radical (unpaired) electrons. The van der Waals surface area contributed by atoms with Gasteiger partial charge < -0.3 is 14.7 Å². The molecular formula is C17H15F2NO4S. The number of piperidine rings is 1. The summed E-state index contributed by atoms with van der Waals surface area (Å²) in [5.74, 6) is -2.70. The highest BCUT2D eigenvalue weighted by Gasteiger charge is 2.26. The van der Waals surface area contributed by atoms with Gasteiger partial charge in [0.2, 0.25) is 0 Å². The number of ether oxygens (including phenoxy) is 1. The summed E-state index contributed by atoms with van der Waals surface area (Å²) < 4.78 is 32.1. The molecule has 2 aromatic rings. The predicted octanol–water partition coefficient (Wildman–Crippen LogP) is 3.41. The minimum atomic E-state index is -1.06. The molecule has 1 N–H and O–H groups in total. The second-order valence-electron chi connectivity index (χ2n) is 5.65. The Labute approximate surface area is 146 Å². The molecule has 0 saturated carbocycles. The third-order valence-corrected chi connectivity index (χ3v) is 5.01. The molecule has 1 amide bonds. The van der Waals surface area contributed by atoms with Gasteiger partial charge in [0, 0.05) is 32.0 Å². The fourth-order valence-corrected chi connectivity index (χ4v) is 3.46. The molecule has 0 unspecified atom stereocenters. The van der Waals surface area contributed by atoms with E-state index in [-0.39, 0.29) is 22.6 Å². The van der Waals surface area contributed by atoms with Gasteiger partial charge in [-0.3, -0.25) is 4.79 Å². The van der Waals surface area contributed by atoms with Gasteiger partial charge in [-0.15, -0.1) is 11.3 Å². The number of likely N-dealkylation sites (tertiary alicyclic amines) is 1. The van der Waals surface area contributed by atoms with Crippen molar-refractivity contribution in [2.24, 2.45) is 0 Å². The van der Waals surface area contributed by atoms with Crippen molar-refractivity contribution in [1.82, 2.24) is 4.90 Å². The van der Waals surface area contributed by atoms with Gasteiger partial charge >= 0.3 is 5.97 Å². The van der Waals surface area contributed by atoms with Crippen molar-refractivity contribution in [3.05, 3.63) is 51.7 Å². The molecule has 0 atom stereocenters. The summed E-state index contributed by atoms with van der Waals surface area (Å²) >= 11 is 0.942. The van der Waals surface area contributed by atoms with Crippen LogP contribution in [0.15, 0.2) is 30.3 Å². The summed E-state index contributed by atoms with van der Waals surface area (Å²) in [6.07, 6.45) is 0.765. The van der Waals surface area contributed by atoms with Crippen LogP contribution >= 0.6 is 11.3 Å². The molecule has 1 aromatic heterocycles. The number of aromatic carboxylic acids is 1. The molecule has 132 valence electrons. The highest BCUT2D eigenvalue weighted by atomic mass is 32.1. The molecule has 0 spiro atoms. The van der Waals surface area contributed by atoms with E-state index in [1.807, 2.05) is 0 Å². The standard InChI is InChI=1S/C17H15F2NO4S/c18-10-1-2-13(12(19)9-10)24-11-5-7-20(8-6-11)16(21)14-3-4-15(25-14)17(22)23/h1-4,9,11H,5-8H2,(H,22,23). The number of hydrogen-bond acceptors (Lipinski definition) is 4.